The molecule has 1 atom stereocenters. The number of pyridine rings is 1. The van der Waals surface area contributed by atoms with Crippen LogP contribution in [0.25, 0.3) is 0 Å². The number of nitrogens with zero attached hydrogens (tertiary/aromatic N) is 2. The zero-order chi connectivity index (χ0) is 16.9. The van der Waals surface area contributed by atoms with E-state index in [-0.39, 0.29) is 23.6 Å². The topological polar surface area (TPSA) is 85.5 Å². The van der Waals surface area contributed by atoms with Crippen LogP contribution in [-0.4, -0.2) is 40.9 Å². The molecular weight excluding hydrogens is 306 g/mol. The second-order valence-electron chi connectivity index (χ2n) is 6.74. The lowest BCUT2D eigenvalue weighted by Crippen LogP contribution is -2.47. The first kappa shape index (κ1) is 16.7. The number of piperidine rings is 1. The molecule has 1 aromatic rings. The molecule has 2 fully saturated rings. The maximum absolute atomic E-state index is 12.7. The number of hydrogen-bond acceptors (Lipinski definition) is 4. The molecule has 1 unspecified atom stereocenters. The number of rotatable bonds is 4. The van der Waals surface area contributed by atoms with E-state index >= 15 is 0 Å². The minimum absolute atomic E-state index is 0.0468. The van der Waals surface area contributed by atoms with Gasteiger partial charge in [-0.05, 0) is 31.7 Å². The number of hydrogen-bond donors (Lipinski definition) is 1. The molecule has 6 heteroatoms. The molecule has 2 aliphatic rings. The SMILES string of the molecule is NC(=O)c1cc(OC2CCCN(C(=O)C3CCCCC3)C2)ccn1. The maximum atomic E-state index is 12.7. The van der Waals surface area contributed by atoms with Gasteiger partial charge in [-0.3, -0.25) is 14.6 Å². The first-order valence-electron chi connectivity index (χ1n) is 8.85. The van der Waals surface area contributed by atoms with E-state index in [9.17, 15) is 9.59 Å². The van der Waals surface area contributed by atoms with Gasteiger partial charge in [-0.2, -0.15) is 0 Å². The van der Waals surface area contributed by atoms with Gasteiger partial charge in [0.05, 0.1) is 6.54 Å². The first-order valence-corrected chi connectivity index (χ1v) is 8.85. The maximum Gasteiger partial charge on any atom is 0.267 e. The lowest BCUT2D eigenvalue weighted by Gasteiger charge is -2.35. The number of likely N-dealkylation sites (tertiary alicyclic amines) is 1. The highest BCUT2D eigenvalue weighted by Crippen LogP contribution is 2.27. The van der Waals surface area contributed by atoms with E-state index in [0.717, 1.165) is 45.1 Å². The number of nitrogens with two attached hydrogens (primary N) is 1. The Morgan fingerprint density at radius 1 is 1.17 bits per heavy atom. The summed E-state index contributed by atoms with van der Waals surface area (Å²) in [7, 11) is 0. The fourth-order valence-electron chi connectivity index (χ4n) is 3.65. The van der Waals surface area contributed by atoms with Crippen molar-refractivity contribution < 1.29 is 14.3 Å². The number of ether oxygens (including phenoxy) is 1. The second-order valence-corrected chi connectivity index (χ2v) is 6.74. The fourth-order valence-corrected chi connectivity index (χ4v) is 3.65. The van der Waals surface area contributed by atoms with Crippen LogP contribution < -0.4 is 10.5 Å². The van der Waals surface area contributed by atoms with Crippen LogP contribution in [0.2, 0.25) is 0 Å². The summed E-state index contributed by atoms with van der Waals surface area (Å²) in [6, 6.07) is 3.28. The summed E-state index contributed by atoms with van der Waals surface area (Å²) in [4.78, 5) is 29.8. The summed E-state index contributed by atoms with van der Waals surface area (Å²) < 4.78 is 5.97. The predicted molar refractivity (Wildman–Crippen MR) is 89.6 cm³/mol. The van der Waals surface area contributed by atoms with Crippen LogP contribution in [0.4, 0.5) is 0 Å². The van der Waals surface area contributed by atoms with E-state index < -0.39 is 5.91 Å². The van der Waals surface area contributed by atoms with Crippen molar-refractivity contribution in [3.05, 3.63) is 24.0 Å². The van der Waals surface area contributed by atoms with Gasteiger partial charge in [0.2, 0.25) is 5.91 Å². The molecule has 0 spiro atoms. The fraction of sp³-hybridized carbons (Fsp3) is 0.611. The van der Waals surface area contributed by atoms with Crippen molar-refractivity contribution in [1.29, 1.82) is 0 Å². The van der Waals surface area contributed by atoms with Crippen molar-refractivity contribution in [1.82, 2.24) is 9.88 Å². The van der Waals surface area contributed by atoms with Gasteiger partial charge in [-0.25, -0.2) is 0 Å². The van der Waals surface area contributed by atoms with Gasteiger partial charge < -0.3 is 15.4 Å². The monoisotopic (exact) mass is 331 g/mol. The number of carbonyl (C=O) groups excluding carboxylic acids is 2. The minimum Gasteiger partial charge on any atom is -0.488 e. The Balaban J connectivity index is 1.60. The molecule has 2 amide bonds. The standard InChI is InChI=1S/C18H25N3O3/c19-17(22)16-11-14(8-9-20-16)24-15-7-4-10-21(12-15)18(23)13-5-2-1-3-6-13/h8-9,11,13,15H,1-7,10,12H2,(H2,19,22). The quantitative estimate of drug-likeness (QED) is 0.916. The van der Waals surface area contributed by atoms with Gasteiger partial charge >= 0.3 is 0 Å². The molecule has 0 bridgehead atoms. The lowest BCUT2D eigenvalue weighted by atomic mass is 9.88. The second kappa shape index (κ2) is 7.64. The molecule has 2 heterocycles. The Morgan fingerprint density at radius 3 is 2.71 bits per heavy atom. The van der Waals surface area contributed by atoms with Crippen LogP contribution in [0, 0.1) is 5.92 Å². The molecule has 1 aromatic heterocycles. The van der Waals surface area contributed by atoms with Crippen LogP contribution in [0.5, 0.6) is 5.75 Å². The summed E-state index contributed by atoms with van der Waals surface area (Å²) in [5.74, 6) is 0.490. The average molecular weight is 331 g/mol. The smallest absolute Gasteiger partial charge is 0.267 e. The van der Waals surface area contributed by atoms with Gasteiger partial charge in [0.15, 0.2) is 0 Å². The van der Waals surface area contributed by atoms with Crippen LogP contribution >= 0.6 is 0 Å². The summed E-state index contributed by atoms with van der Waals surface area (Å²) in [6.07, 6.45) is 8.94. The summed E-state index contributed by atoms with van der Waals surface area (Å²) >= 11 is 0. The third-order valence-electron chi connectivity index (χ3n) is 4.93. The number of primary amides is 1. The molecule has 2 N–H and O–H groups in total. The number of carbonyl (C=O) groups is 2. The highest BCUT2D eigenvalue weighted by molar-refractivity contribution is 5.91. The molecule has 130 valence electrons. The van der Waals surface area contributed by atoms with E-state index in [0.29, 0.717) is 12.3 Å². The lowest BCUT2D eigenvalue weighted by molar-refractivity contribution is -0.139. The normalized spacial score (nSPS) is 22.2. The Hall–Kier alpha value is -2.11. The molecule has 1 aliphatic carbocycles. The molecule has 1 saturated carbocycles. The molecule has 1 aliphatic heterocycles. The molecular formula is C18H25N3O3. The predicted octanol–water partition coefficient (Wildman–Crippen LogP) is 2.13. The minimum atomic E-state index is -0.571. The van der Waals surface area contributed by atoms with Crippen molar-refractivity contribution in [3.63, 3.8) is 0 Å². The van der Waals surface area contributed by atoms with Crippen molar-refractivity contribution in [2.75, 3.05) is 13.1 Å². The Morgan fingerprint density at radius 2 is 1.96 bits per heavy atom. The average Bonchev–Trinajstić information content (AvgIpc) is 2.62. The Labute approximate surface area is 142 Å². The summed E-state index contributed by atoms with van der Waals surface area (Å²) in [5, 5.41) is 0. The van der Waals surface area contributed by atoms with E-state index in [4.69, 9.17) is 10.5 Å². The van der Waals surface area contributed by atoms with Crippen LogP contribution in [0.1, 0.15) is 55.4 Å². The van der Waals surface area contributed by atoms with Gasteiger partial charge in [-0.15, -0.1) is 0 Å². The van der Waals surface area contributed by atoms with Gasteiger partial charge in [-0.1, -0.05) is 19.3 Å². The van der Waals surface area contributed by atoms with Gasteiger partial charge in [0.25, 0.3) is 5.91 Å². The third-order valence-corrected chi connectivity index (χ3v) is 4.93. The number of amides is 2. The van der Waals surface area contributed by atoms with Crippen LogP contribution in [0.15, 0.2) is 18.3 Å². The van der Waals surface area contributed by atoms with E-state index in [2.05, 4.69) is 4.98 Å². The zero-order valence-corrected chi connectivity index (χ0v) is 13.9. The third kappa shape index (κ3) is 4.04. The number of aromatic nitrogens is 1. The molecule has 0 radical (unpaired) electrons. The first-order chi connectivity index (χ1) is 11.6. The molecule has 3 rings (SSSR count). The van der Waals surface area contributed by atoms with Gasteiger partial charge in [0.1, 0.15) is 17.5 Å². The Kier molecular flexibility index (Phi) is 5.33. The molecule has 0 aromatic carbocycles. The van der Waals surface area contributed by atoms with Crippen molar-refractivity contribution in [2.24, 2.45) is 11.7 Å². The molecule has 6 nitrogen and oxygen atoms in total. The largest absolute Gasteiger partial charge is 0.488 e. The van der Waals surface area contributed by atoms with E-state index in [1.165, 1.54) is 12.6 Å². The van der Waals surface area contributed by atoms with Crippen LogP contribution in [-0.2, 0) is 4.79 Å². The summed E-state index contributed by atoms with van der Waals surface area (Å²) in [6.45, 7) is 1.43. The molecule has 1 saturated heterocycles. The van der Waals surface area contributed by atoms with Crippen LogP contribution in [0.3, 0.4) is 0 Å². The van der Waals surface area contributed by atoms with E-state index in [1.807, 2.05) is 4.90 Å². The zero-order valence-electron chi connectivity index (χ0n) is 13.9. The van der Waals surface area contributed by atoms with Crippen molar-refractivity contribution in [3.8, 4) is 5.75 Å². The highest BCUT2D eigenvalue weighted by atomic mass is 16.5. The van der Waals surface area contributed by atoms with Crippen molar-refractivity contribution >= 4 is 11.8 Å². The Bertz CT molecular complexity index is 599. The van der Waals surface area contributed by atoms with E-state index in [1.54, 1.807) is 12.1 Å². The highest BCUT2D eigenvalue weighted by Gasteiger charge is 2.30. The molecule has 24 heavy (non-hydrogen) atoms. The van der Waals surface area contributed by atoms with Crippen molar-refractivity contribution in [2.45, 2.75) is 51.0 Å². The summed E-state index contributed by atoms with van der Waals surface area (Å²) in [5.41, 5.74) is 5.44. The van der Waals surface area contributed by atoms with Gasteiger partial charge in [0, 0.05) is 24.7 Å².